The number of carboxylic acid groups (broad SMARTS) is 1. The van der Waals surface area contributed by atoms with Gasteiger partial charge in [-0.05, 0) is 37.3 Å². The fraction of sp³-hybridized carbons (Fsp3) is 0.0714. The second-order valence-corrected chi connectivity index (χ2v) is 5.32. The average Bonchev–Trinajstić information content (AvgIpc) is 3.06. The van der Waals surface area contributed by atoms with Crippen LogP contribution in [0.1, 0.15) is 15.4 Å². The Bertz CT molecular complexity index is 762. The molecule has 0 atom stereocenters. The largest absolute Gasteiger partial charge is 0.477 e. The maximum absolute atomic E-state index is 11.0. The average molecular weight is 285 g/mol. The topological polar surface area (TPSA) is 68.0 Å². The summed E-state index contributed by atoms with van der Waals surface area (Å²) in [6.07, 6.45) is 1.70. The zero-order valence-corrected chi connectivity index (χ0v) is 11.5. The van der Waals surface area contributed by atoms with Gasteiger partial charge in [-0.1, -0.05) is 6.07 Å². The van der Waals surface area contributed by atoms with E-state index in [1.165, 1.54) is 11.3 Å². The third kappa shape index (κ3) is 2.21. The normalized spacial score (nSPS) is 10.7. The number of hydrogen-bond donors (Lipinski definition) is 1. The van der Waals surface area contributed by atoms with Gasteiger partial charge in [0.15, 0.2) is 5.82 Å². The molecule has 0 aliphatic rings. The van der Waals surface area contributed by atoms with Gasteiger partial charge in [-0.25, -0.2) is 14.5 Å². The van der Waals surface area contributed by atoms with Crippen LogP contribution in [0, 0.1) is 6.92 Å². The molecule has 0 bridgehead atoms. The van der Waals surface area contributed by atoms with Gasteiger partial charge >= 0.3 is 5.97 Å². The number of rotatable bonds is 3. The molecule has 0 saturated heterocycles. The summed E-state index contributed by atoms with van der Waals surface area (Å²) >= 11 is 1.23. The molecule has 3 aromatic rings. The van der Waals surface area contributed by atoms with Gasteiger partial charge in [-0.3, -0.25) is 0 Å². The Morgan fingerprint density at radius 1 is 1.30 bits per heavy atom. The lowest BCUT2D eigenvalue weighted by Gasteiger charge is -2.04. The summed E-state index contributed by atoms with van der Waals surface area (Å²) in [4.78, 5) is 16.4. The second-order valence-electron chi connectivity index (χ2n) is 4.24. The highest BCUT2D eigenvalue weighted by Gasteiger charge is 2.14. The van der Waals surface area contributed by atoms with Gasteiger partial charge in [0.1, 0.15) is 4.88 Å². The van der Waals surface area contributed by atoms with Crippen molar-refractivity contribution in [1.29, 1.82) is 0 Å². The van der Waals surface area contributed by atoms with Crippen molar-refractivity contribution >= 4 is 17.3 Å². The first-order chi connectivity index (χ1) is 9.65. The quantitative estimate of drug-likeness (QED) is 0.803. The molecular formula is C14H11N3O2S. The molecule has 0 unspecified atom stereocenters. The minimum atomic E-state index is -0.915. The van der Waals surface area contributed by atoms with Crippen LogP contribution < -0.4 is 0 Å². The second kappa shape index (κ2) is 4.90. The Morgan fingerprint density at radius 3 is 2.80 bits per heavy atom. The van der Waals surface area contributed by atoms with Gasteiger partial charge in [0.25, 0.3) is 0 Å². The van der Waals surface area contributed by atoms with Gasteiger partial charge in [0.05, 0.1) is 16.3 Å². The van der Waals surface area contributed by atoms with Crippen LogP contribution in [0.5, 0.6) is 0 Å². The summed E-state index contributed by atoms with van der Waals surface area (Å²) in [6, 6.07) is 10.9. The van der Waals surface area contributed by atoms with Crippen molar-refractivity contribution in [3.05, 3.63) is 53.2 Å². The van der Waals surface area contributed by atoms with Crippen LogP contribution in [0.2, 0.25) is 0 Å². The number of aromatic nitrogens is 3. The molecule has 0 radical (unpaired) electrons. The molecule has 3 rings (SSSR count). The number of aromatic carboxylic acids is 1. The van der Waals surface area contributed by atoms with Crippen molar-refractivity contribution in [3.8, 4) is 16.4 Å². The first kappa shape index (κ1) is 12.6. The van der Waals surface area contributed by atoms with E-state index in [-0.39, 0.29) is 0 Å². The molecule has 20 heavy (non-hydrogen) atoms. The number of pyridine rings is 1. The molecule has 0 aliphatic carbocycles. The van der Waals surface area contributed by atoms with Crippen molar-refractivity contribution in [2.75, 3.05) is 0 Å². The standard InChI is InChI=1S/C14H11N3O2S/c1-9-8-10(11-5-6-12(20-11)14(18)19)17(16-9)13-4-2-3-7-15-13/h2-8H,1H3,(H,18,19). The molecule has 3 heterocycles. The predicted molar refractivity (Wildman–Crippen MR) is 76.4 cm³/mol. The maximum atomic E-state index is 11.0. The summed E-state index contributed by atoms with van der Waals surface area (Å²) in [5.41, 5.74) is 1.70. The van der Waals surface area contributed by atoms with Gasteiger partial charge in [0, 0.05) is 6.20 Å². The fourth-order valence-electron chi connectivity index (χ4n) is 1.92. The van der Waals surface area contributed by atoms with E-state index in [1.807, 2.05) is 31.2 Å². The van der Waals surface area contributed by atoms with Gasteiger partial charge in [-0.2, -0.15) is 5.10 Å². The van der Waals surface area contributed by atoms with E-state index in [9.17, 15) is 4.79 Å². The molecule has 100 valence electrons. The van der Waals surface area contributed by atoms with E-state index in [0.29, 0.717) is 10.7 Å². The molecule has 0 aromatic carbocycles. The first-order valence-electron chi connectivity index (χ1n) is 5.97. The number of carboxylic acids is 1. The van der Waals surface area contributed by atoms with E-state index < -0.39 is 5.97 Å². The summed E-state index contributed by atoms with van der Waals surface area (Å²) in [5, 5.41) is 13.4. The fourth-order valence-corrected chi connectivity index (χ4v) is 2.77. The van der Waals surface area contributed by atoms with Gasteiger partial charge in [0.2, 0.25) is 0 Å². The minimum Gasteiger partial charge on any atom is -0.477 e. The van der Waals surface area contributed by atoms with E-state index >= 15 is 0 Å². The number of carbonyl (C=O) groups is 1. The van der Waals surface area contributed by atoms with Gasteiger partial charge in [-0.15, -0.1) is 11.3 Å². The van der Waals surface area contributed by atoms with Crippen LogP contribution in [0.4, 0.5) is 0 Å². The Morgan fingerprint density at radius 2 is 2.15 bits per heavy atom. The first-order valence-corrected chi connectivity index (χ1v) is 6.78. The molecule has 0 saturated carbocycles. The highest BCUT2D eigenvalue weighted by molar-refractivity contribution is 7.17. The van der Waals surface area contributed by atoms with Crippen LogP contribution in [-0.4, -0.2) is 25.8 Å². The van der Waals surface area contributed by atoms with Crippen LogP contribution in [0.3, 0.4) is 0 Å². The lowest BCUT2D eigenvalue weighted by Crippen LogP contribution is -2.00. The number of nitrogens with zero attached hydrogens (tertiary/aromatic N) is 3. The SMILES string of the molecule is Cc1cc(-c2ccc(C(=O)O)s2)n(-c2ccccn2)n1. The summed E-state index contributed by atoms with van der Waals surface area (Å²) in [7, 11) is 0. The minimum absolute atomic E-state index is 0.312. The molecule has 5 nitrogen and oxygen atoms in total. The van der Waals surface area contributed by atoms with Crippen molar-refractivity contribution in [3.63, 3.8) is 0 Å². The Kier molecular flexibility index (Phi) is 3.08. The van der Waals surface area contributed by atoms with E-state index in [0.717, 1.165) is 16.3 Å². The maximum Gasteiger partial charge on any atom is 0.345 e. The third-order valence-electron chi connectivity index (χ3n) is 2.77. The predicted octanol–water partition coefficient (Wildman–Crippen LogP) is 3.00. The highest BCUT2D eigenvalue weighted by atomic mass is 32.1. The molecule has 0 fully saturated rings. The third-order valence-corrected chi connectivity index (χ3v) is 3.86. The molecule has 0 amide bonds. The Balaban J connectivity index is 2.12. The molecular weight excluding hydrogens is 274 g/mol. The highest BCUT2D eigenvalue weighted by Crippen LogP contribution is 2.30. The molecule has 0 aliphatic heterocycles. The molecule has 3 aromatic heterocycles. The summed E-state index contributed by atoms with van der Waals surface area (Å²) in [6.45, 7) is 1.90. The van der Waals surface area contributed by atoms with E-state index in [2.05, 4.69) is 10.1 Å². The lowest BCUT2D eigenvalue weighted by molar-refractivity contribution is 0.0702. The monoisotopic (exact) mass is 285 g/mol. The van der Waals surface area contributed by atoms with Crippen molar-refractivity contribution in [2.24, 2.45) is 0 Å². The number of thiophene rings is 1. The van der Waals surface area contributed by atoms with Crippen molar-refractivity contribution < 1.29 is 9.90 Å². The molecule has 6 heteroatoms. The van der Waals surface area contributed by atoms with Crippen LogP contribution in [0.15, 0.2) is 42.6 Å². The summed E-state index contributed by atoms with van der Waals surface area (Å²) in [5.74, 6) is -0.206. The zero-order valence-electron chi connectivity index (χ0n) is 10.6. The lowest BCUT2D eigenvalue weighted by atomic mass is 10.3. The number of aryl methyl sites for hydroxylation is 1. The van der Waals surface area contributed by atoms with E-state index in [1.54, 1.807) is 23.0 Å². The summed E-state index contributed by atoms with van der Waals surface area (Å²) < 4.78 is 1.73. The zero-order chi connectivity index (χ0) is 14.1. The molecule has 1 N–H and O–H groups in total. The number of hydrogen-bond acceptors (Lipinski definition) is 4. The van der Waals surface area contributed by atoms with Crippen molar-refractivity contribution in [2.45, 2.75) is 6.92 Å². The van der Waals surface area contributed by atoms with Crippen LogP contribution in [-0.2, 0) is 0 Å². The smallest absolute Gasteiger partial charge is 0.345 e. The Labute approximate surface area is 119 Å². The molecule has 0 spiro atoms. The van der Waals surface area contributed by atoms with E-state index in [4.69, 9.17) is 5.11 Å². The van der Waals surface area contributed by atoms with Crippen molar-refractivity contribution in [1.82, 2.24) is 14.8 Å². The van der Waals surface area contributed by atoms with Crippen LogP contribution in [0.25, 0.3) is 16.4 Å². The van der Waals surface area contributed by atoms with Crippen LogP contribution >= 0.6 is 11.3 Å². The Hall–Kier alpha value is -2.47. The van der Waals surface area contributed by atoms with Gasteiger partial charge < -0.3 is 5.11 Å².